The number of thioether (sulfide) groups is 1. The number of anilines is 1. The summed E-state index contributed by atoms with van der Waals surface area (Å²) in [6, 6.07) is 18.5. The number of carbonyl (C=O) groups excluding carboxylic acids is 2. The zero-order valence-corrected chi connectivity index (χ0v) is 27.4. The maximum absolute atomic E-state index is 13.7. The van der Waals surface area contributed by atoms with E-state index in [1.54, 1.807) is 42.5 Å². The van der Waals surface area contributed by atoms with E-state index < -0.39 is 17.7 Å². The van der Waals surface area contributed by atoms with Gasteiger partial charge in [-0.2, -0.15) is 0 Å². The number of ether oxygens (including phenoxy) is 3. The Morgan fingerprint density at radius 2 is 1.64 bits per heavy atom. The van der Waals surface area contributed by atoms with Crippen molar-refractivity contribution in [3.05, 3.63) is 94.0 Å². The lowest BCUT2D eigenvalue weighted by molar-refractivity contribution is -0.132. The third kappa shape index (κ3) is 7.27. The van der Waals surface area contributed by atoms with Gasteiger partial charge in [0, 0.05) is 16.3 Å². The third-order valence-corrected chi connectivity index (χ3v) is 9.18. The van der Waals surface area contributed by atoms with Crippen LogP contribution in [0.3, 0.4) is 0 Å². The smallest absolute Gasteiger partial charge is 0.301 e. The number of nitrogens with zero attached hydrogens (tertiary/aromatic N) is 3. The highest BCUT2D eigenvalue weighted by atomic mass is 35.5. The SMILES string of the molecule is CCCOc1ccc(/C(O)=C2\C(=O)C(=O)N(c3nnc(SCc4ccc(Cl)cc4)s3)C2c2ccc(OCC)c(OCC)c2)cc1. The number of ketones is 1. The molecule has 1 unspecified atom stereocenters. The number of aliphatic hydroxyl groups excluding tert-OH is 1. The first kappa shape index (κ1) is 32.3. The Balaban J connectivity index is 1.56. The van der Waals surface area contributed by atoms with Crippen molar-refractivity contribution >= 4 is 57.3 Å². The van der Waals surface area contributed by atoms with Crippen molar-refractivity contribution in [1.82, 2.24) is 10.2 Å². The minimum absolute atomic E-state index is 0.0700. The summed E-state index contributed by atoms with van der Waals surface area (Å²) >= 11 is 8.66. The number of carbonyl (C=O) groups is 2. The molecule has 1 aliphatic rings. The summed E-state index contributed by atoms with van der Waals surface area (Å²) in [6.45, 7) is 7.09. The summed E-state index contributed by atoms with van der Waals surface area (Å²) in [7, 11) is 0. The van der Waals surface area contributed by atoms with E-state index in [0.717, 1.165) is 12.0 Å². The van der Waals surface area contributed by atoms with Crippen LogP contribution in [0, 0.1) is 0 Å². The van der Waals surface area contributed by atoms with Crippen molar-refractivity contribution in [2.75, 3.05) is 24.7 Å². The van der Waals surface area contributed by atoms with Crippen LogP contribution in [0.25, 0.3) is 5.76 Å². The van der Waals surface area contributed by atoms with Crippen molar-refractivity contribution in [1.29, 1.82) is 0 Å². The summed E-state index contributed by atoms with van der Waals surface area (Å²) in [6.07, 6.45) is 0.851. The number of rotatable bonds is 13. The summed E-state index contributed by atoms with van der Waals surface area (Å²) in [4.78, 5) is 28.6. The van der Waals surface area contributed by atoms with Crippen LogP contribution < -0.4 is 19.1 Å². The Kier molecular flexibility index (Phi) is 10.6. The van der Waals surface area contributed by atoms with E-state index in [2.05, 4.69) is 10.2 Å². The molecule has 45 heavy (non-hydrogen) atoms. The summed E-state index contributed by atoms with van der Waals surface area (Å²) in [5.41, 5.74) is 1.88. The second kappa shape index (κ2) is 14.8. The molecule has 1 atom stereocenters. The van der Waals surface area contributed by atoms with Crippen molar-refractivity contribution in [2.45, 2.75) is 43.3 Å². The van der Waals surface area contributed by atoms with Gasteiger partial charge in [-0.3, -0.25) is 14.5 Å². The molecule has 5 rings (SSSR count). The summed E-state index contributed by atoms with van der Waals surface area (Å²) < 4.78 is 17.9. The Hall–Kier alpha value is -4.06. The van der Waals surface area contributed by atoms with Crippen LogP contribution in [0.1, 0.15) is 49.9 Å². The van der Waals surface area contributed by atoms with Crippen LogP contribution in [-0.4, -0.2) is 46.8 Å². The van der Waals surface area contributed by atoms with E-state index in [1.165, 1.54) is 28.0 Å². The molecule has 4 aromatic rings. The van der Waals surface area contributed by atoms with Gasteiger partial charge >= 0.3 is 5.91 Å². The number of benzene rings is 3. The van der Waals surface area contributed by atoms with Crippen LogP contribution in [0.2, 0.25) is 5.02 Å². The fourth-order valence-electron chi connectivity index (χ4n) is 4.75. The maximum Gasteiger partial charge on any atom is 0.301 e. The van der Waals surface area contributed by atoms with E-state index in [4.69, 9.17) is 25.8 Å². The molecule has 1 aromatic heterocycles. The van der Waals surface area contributed by atoms with Gasteiger partial charge in [-0.05, 0) is 79.9 Å². The van der Waals surface area contributed by atoms with Crippen molar-refractivity contribution in [2.24, 2.45) is 0 Å². The number of Topliss-reactive ketones (excluding diaryl/α,β-unsaturated/α-hetero) is 1. The number of hydrogen-bond donors (Lipinski definition) is 1. The number of aliphatic hydroxyl groups is 1. The highest BCUT2D eigenvalue weighted by Crippen LogP contribution is 2.45. The van der Waals surface area contributed by atoms with Crippen molar-refractivity contribution in [3.63, 3.8) is 0 Å². The van der Waals surface area contributed by atoms with E-state index in [0.29, 0.717) is 63.3 Å². The lowest BCUT2D eigenvalue weighted by atomic mass is 9.95. The maximum atomic E-state index is 13.7. The Labute approximate surface area is 274 Å². The number of aromatic nitrogens is 2. The van der Waals surface area contributed by atoms with Gasteiger partial charge in [-0.15, -0.1) is 10.2 Å². The minimum Gasteiger partial charge on any atom is -0.507 e. The van der Waals surface area contributed by atoms with Crippen molar-refractivity contribution < 1.29 is 28.9 Å². The van der Waals surface area contributed by atoms with Crippen molar-refractivity contribution in [3.8, 4) is 17.2 Å². The first-order chi connectivity index (χ1) is 21.8. The van der Waals surface area contributed by atoms with Gasteiger partial charge in [0.15, 0.2) is 15.8 Å². The Bertz CT molecular complexity index is 1690. The molecule has 1 N–H and O–H groups in total. The van der Waals surface area contributed by atoms with Gasteiger partial charge < -0.3 is 19.3 Å². The number of halogens is 1. The molecule has 3 aromatic carbocycles. The number of hydrogen-bond acceptors (Lipinski definition) is 10. The van der Waals surface area contributed by atoms with Gasteiger partial charge in [0.25, 0.3) is 5.78 Å². The van der Waals surface area contributed by atoms with E-state index >= 15 is 0 Å². The largest absolute Gasteiger partial charge is 0.507 e. The molecule has 0 spiro atoms. The van der Waals surface area contributed by atoms with Crippen LogP contribution in [0.15, 0.2) is 76.6 Å². The molecule has 1 amide bonds. The van der Waals surface area contributed by atoms with Crippen LogP contribution >= 0.6 is 34.7 Å². The molecular weight excluding hydrogens is 634 g/mol. The fraction of sp³-hybridized carbons (Fsp3) is 0.273. The van der Waals surface area contributed by atoms with Crippen LogP contribution in [0.4, 0.5) is 5.13 Å². The molecular formula is C33H32ClN3O6S2. The molecule has 9 nitrogen and oxygen atoms in total. The molecule has 0 aliphatic carbocycles. The third-order valence-electron chi connectivity index (χ3n) is 6.81. The first-order valence-corrected chi connectivity index (χ1v) is 16.7. The number of amides is 1. The molecule has 1 saturated heterocycles. The van der Waals surface area contributed by atoms with Gasteiger partial charge in [0.2, 0.25) is 5.13 Å². The monoisotopic (exact) mass is 665 g/mol. The second-order valence-electron chi connectivity index (χ2n) is 9.88. The Morgan fingerprint density at radius 1 is 0.933 bits per heavy atom. The predicted octanol–water partition coefficient (Wildman–Crippen LogP) is 7.70. The average molecular weight is 666 g/mol. The van der Waals surface area contributed by atoms with Gasteiger partial charge in [0.1, 0.15) is 11.5 Å². The van der Waals surface area contributed by atoms with Crippen LogP contribution in [-0.2, 0) is 15.3 Å². The van der Waals surface area contributed by atoms with Gasteiger partial charge in [-0.25, -0.2) is 0 Å². The van der Waals surface area contributed by atoms with E-state index in [9.17, 15) is 14.7 Å². The van der Waals surface area contributed by atoms with Gasteiger partial charge in [-0.1, -0.05) is 59.8 Å². The molecule has 1 fully saturated rings. The lowest BCUT2D eigenvalue weighted by Gasteiger charge is -2.23. The van der Waals surface area contributed by atoms with E-state index in [-0.39, 0.29) is 16.5 Å². The fourth-order valence-corrected chi connectivity index (χ4v) is 6.70. The van der Waals surface area contributed by atoms with Crippen LogP contribution in [0.5, 0.6) is 17.2 Å². The molecule has 2 heterocycles. The quantitative estimate of drug-likeness (QED) is 0.0505. The van der Waals surface area contributed by atoms with Gasteiger partial charge in [0.05, 0.1) is 31.4 Å². The standard InChI is InChI=1S/C33H32ClN3O6S2/c1-4-17-43-24-14-9-21(10-15-24)29(38)27-28(22-11-16-25(41-5-2)26(18-22)42-6-3)37(31(40)30(27)39)32-35-36-33(45-32)44-19-20-7-12-23(34)13-8-20/h7-16,18,28,38H,4-6,17,19H2,1-3H3/b29-27+. The predicted molar refractivity (Wildman–Crippen MR) is 177 cm³/mol. The average Bonchev–Trinajstić information content (AvgIpc) is 3.62. The molecule has 234 valence electrons. The molecule has 12 heteroatoms. The normalized spacial score (nSPS) is 15.8. The second-order valence-corrected chi connectivity index (χ2v) is 12.5. The highest BCUT2D eigenvalue weighted by Gasteiger charge is 2.48. The van der Waals surface area contributed by atoms with E-state index in [1.807, 2.05) is 45.0 Å². The summed E-state index contributed by atoms with van der Waals surface area (Å²) in [5.74, 6) is 0.272. The summed E-state index contributed by atoms with van der Waals surface area (Å²) in [5, 5.41) is 21.0. The lowest BCUT2D eigenvalue weighted by Crippen LogP contribution is -2.29. The minimum atomic E-state index is -1.00. The highest BCUT2D eigenvalue weighted by molar-refractivity contribution is 8.00. The molecule has 0 radical (unpaired) electrons. The molecule has 0 bridgehead atoms. The Morgan fingerprint density at radius 3 is 2.33 bits per heavy atom. The zero-order valence-electron chi connectivity index (χ0n) is 25.0. The first-order valence-electron chi connectivity index (χ1n) is 14.5. The zero-order chi connectivity index (χ0) is 31.9. The molecule has 1 aliphatic heterocycles. The topological polar surface area (TPSA) is 111 Å². The molecule has 0 saturated carbocycles.